The molecule has 0 fully saturated rings. The molecule has 0 bridgehead atoms. The van der Waals surface area contributed by atoms with E-state index >= 15 is 0 Å². The number of methoxy groups -OCH3 is 1. The van der Waals surface area contributed by atoms with E-state index in [1.807, 2.05) is 12.1 Å². The highest BCUT2D eigenvalue weighted by atomic mass is 16.5. The number of hydrogen-bond acceptors (Lipinski definition) is 3. The lowest BCUT2D eigenvalue weighted by atomic mass is 10.1. The lowest BCUT2D eigenvalue weighted by Gasteiger charge is -2.07. The summed E-state index contributed by atoms with van der Waals surface area (Å²) in [4.78, 5) is 11.9. The van der Waals surface area contributed by atoms with E-state index in [-0.39, 0.29) is 5.56 Å². The summed E-state index contributed by atoms with van der Waals surface area (Å²) < 4.78 is 6.55. The van der Waals surface area contributed by atoms with Crippen LogP contribution in [0, 0.1) is 11.3 Å². The molecular weight excluding hydrogens is 228 g/mol. The second kappa shape index (κ2) is 5.19. The molecule has 90 valence electrons. The van der Waals surface area contributed by atoms with Gasteiger partial charge in [-0.15, -0.1) is 0 Å². The Hall–Kier alpha value is -2.54. The first kappa shape index (κ1) is 11.9. The van der Waals surface area contributed by atoms with Gasteiger partial charge < -0.3 is 9.30 Å². The predicted octanol–water partition coefficient (Wildman–Crippen LogP) is 1.78. The number of nitrogens with zero attached hydrogens (tertiary/aromatic N) is 2. The van der Waals surface area contributed by atoms with Gasteiger partial charge in [0.25, 0.3) is 5.56 Å². The van der Waals surface area contributed by atoms with Crippen molar-refractivity contribution in [3.05, 3.63) is 64.1 Å². The zero-order valence-electron chi connectivity index (χ0n) is 9.96. The minimum Gasteiger partial charge on any atom is -0.491 e. The molecule has 0 aliphatic carbocycles. The van der Waals surface area contributed by atoms with Crippen LogP contribution < -0.4 is 10.3 Å². The van der Waals surface area contributed by atoms with E-state index in [1.165, 1.54) is 7.11 Å². The average Bonchev–Trinajstić information content (AvgIpc) is 2.42. The van der Waals surface area contributed by atoms with Crippen LogP contribution >= 0.6 is 0 Å². The average molecular weight is 240 g/mol. The van der Waals surface area contributed by atoms with Gasteiger partial charge in [-0.25, -0.2) is 0 Å². The lowest BCUT2D eigenvalue weighted by Crippen LogP contribution is -2.20. The molecule has 0 atom stereocenters. The van der Waals surface area contributed by atoms with Crippen molar-refractivity contribution in [1.29, 1.82) is 5.26 Å². The fraction of sp³-hybridized carbons (Fsp3) is 0.143. The Kier molecular flexibility index (Phi) is 3.44. The molecule has 4 heteroatoms. The Morgan fingerprint density at radius 2 is 2.00 bits per heavy atom. The van der Waals surface area contributed by atoms with Crippen LogP contribution in [0.4, 0.5) is 0 Å². The molecule has 0 aliphatic rings. The molecule has 2 aromatic rings. The molecule has 1 aromatic heterocycles. The third kappa shape index (κ3) is 2.41. The number of nitriles is 1. The normalized spacial score (nSPS) is 9.78. The molecule has 1 heterocycles. The van der Waals surface area contributed by atoms with Crippen LogP contribution in [-0.2, 0) is 6.54 Å². The summed E-state index contributed by atoms with van der Waals surface area (Å²) in [5.74, 6) is 0.325. The molecule has 0 aliphatic heterocycles. The summed E-state index contributed by atoms with van der Waals surface area (Å²) in [6, 6.07) is 12.6. The van der Waals surface area contributed by atoms with Crippen molar-refractivity contribution < 1.29 is 4.74 Å². The van der Waals surface area contributed by atoms with E-state index in [0.717, 1.165) is 5.56 Å². The zero-order valence-corrected chi connectivity index (χ0v) is 9.96. The topological polar surface area (TPSA) is 55.0 Å². The van der Waals surface area contributed by atoms with Gasteiger partial charge in [-0.3, -0.25) is 4.79 Å². The molecule has 0 saturated carbocycles. The Morgan fingerprint density at radius 1 is 1.28 bits per heavy atom. The third-order valence-electron chi connectivity index (χ3n) is 2.64. The van der Waals surface area contributed by atoms with Gasteiger partial charge in [0.2, 0.25) is 0 Å². The molecule has 0 amide bonds. The zero-order chi connectivity index (χ0) is 13.0. The van der Waals surface area contributed by atoms with Gasteiger partial charge in [-0.05, 0) is 29.8 Å². The smallest absolute Gasteiger partial charge is 0.293 e. The van der Waals surface area contributed by atoms with Crippen molar-refractivity contribution in [2.24, 2.45) is 0 Å². The van der Waals surface area contributed by atoms with E-state index in [4.69, 9.17) is 10.00 Å². The fourth-order valence-corrected chi connectivity index (χ4v) is 1.68. The van der Waals surface area contributed by atoms with Crippen LogP contribution in [0.5, 0.6) is 5.75 Å². The number of hydrogen-bond donors (Lipinski definition) is 0. The Bertz CT molecular complexity index is 636. The van der Waals surface area contributed by atoms with Crippen molar-refractivity contribution in [2.75, 3.05) is 7.11 Å². The van der Waals surface area contributed by atoms with Crippen molar-refractivity contribution >= 4 is 0 Å². The quantitative estimate of drug-likeness (QED) is 0.821. The highest BCUT2D eigenvalue weighted by Gasteiger charge is 2.03. The second-order valence-corrected chi connectivity index (χ2v) is 3.82. The van der Waals surface area contributed by atoms with Crippen LogP contribution in [0.2, 0.25) is 0 Å². The fourth-order valence-electron chi connectivity index (χ4n) is 1.68. The Balaban J connectivity index is 2.29. The van der Waals surface area contributed by atoms with E-state index in [0.29, 0.717) is 17.9 Å². The largest absolute Gasteiger partial charge is 0.491 e. The summed E-state index contributed by atoms with van der Waals surface area (Å²) >= 11 is 0. The molecule has 4 nitrogen and oxygen atoms in total. The van der Waals surface area contributed by atoms with Gasteiger partial charge in [-0.2, -0.15) is 5.26 Å². The van der Waals surface area contributed by atoms with Crippen molar-refractivity contribution in [1.82, 2.24) is 4.57 Å². The van der Waals surface area contributed by atoms with E-state index in [1.54, 1.807) is 35.0 Å². The molecule has 0 unspecified atom stereocenters. The number of rotatable bonds is 3. The highest BCUT2D eigenvalue weighted by molar-refractivity contribution is 5.31. The monoisotopic (exact) mass is 240 g/mol. The maximum absolute atomic E-state index is 11.9. The van der Waals surface area contributed by atoms with Gasteiger partial charge >= 0.3 is 0 Å². The molecule has 0 saturated heterocycles. The number of pyridine rings is 1. The first-order valence-electron chi connectivity index (χ1n) is 5.47. The van der Waals surface area contributed by atoms with Gasteiger partial charge in [0.15, 0.2) is 5.75 Å². The molecule has 0 spiro atoms. The molecule has 18 heavy (non-hydrogen) atoms. The molecule has 0 radical (unpaired) electrons. The standard InChI is InChI=1S/C14H12N2O2/c1-18-13-3-2-8-16(14(13)17)10-12-6-4-11(9-15)5-7-12/h2-8H,10H2,1H3. The van der Waals surface area contributed by atoms with Crippen molar-refractivity contribution in [3.63, 3.8) is 0 Å². The summed E-state index contributed by atoms with van der Waals surface area (Å²) in [5, 5.41) is 8.71. The number of aromatic nitrogens is 1. The maximum atomic E-state index is 11.9. The molecule has 0 N–H and O–H groups in total. The van der Waals surface area contributed by atoms with Crippen LogP contribution in [-0.4, -0.2) is 11.7 Å². The molecule has 1 aromatic carbocycles. The Labute approximate surface area is 105 Å². The van der Waals surface area contributed by atoms with Gasteiger partial charge in [-0.1, -0.05) is 12.1 Å². The third-order valence-corrected chi connectivity index (χ3v) is 2.64. The number of benzene rings is 1. The minimum absolute atomic E-state index is 0.163. The van der Waals surface area contributed by atoms with Crippen molar-refractivity contribution in [3.8, 4) is 11.8 Å². The molecular formula is C14H12N2O2. The van der Waals surface area contributed by atoms with Gasteiger partial charge in [0, 0.05) is 6.20 Å². The first-order chi connectivity index (χ1) is 8.74. The summed E-state index contributed by atoms with van der Waals surface area (Å²) in [5.41, 5.74) is 1.41. The maximum Gasteiger partial charge on any atom is 0.293 e. The van der Waals surface area contributed by atoms with Crippen molar-refractivity contribution in [2.45, 2.75) is 6.54 Å². The van der Waals surface area contributed by atoms with E-state index < -0.39 is 0 Å². The van der Waals surface area contributed by atoms with Crippen LogP contribution in [0.15, 0.2) is 47.4 Å². The minimum atomic E-state index is -0.163. The SMILES string of the molecule is COc1cccn(Cc2ccc(C#N)cc2)c1=O. The predicted molar refractivity (Wildman–Crippen MR) is 67.5 cm³/mol. The van der Waals surface area contributed by atoms with E-state index in [2.05, 4.69) is 6.07 Å². The summed E-state index contributed by atoms with van der Waals surface area (Å²) in [7, 11) is 1.47. The second-order valence-electron chi connectivity index (χ2n) is 3.82. The Morgan fingerprint density at radius 3 is 2.61 bits per heavy atom. The van der Waals surface area contributed by atoms with Gasteiger partial charge in [0.1, 0.15) is 0 Å². The lowest BCUT2D eigenvalue weighted by molar-refractivity contribution is 0.403. The van der Waals surface area contributed by atoms with Crippen LogP contribution in [0.1, 0.15) is 11.1 Å². The first-order valence-corrected chi connectivity index (χ1v) is 5.47. The number of ether oxygens (including phenoxy) is 1. The summed E-state index contributed by atoms with van der Waals surface area (Å²) in [6.45, 7) is 0.460. The summed E-state index contributed by atoms with van der Waals surface area (Å²) in [6.07, 6.45) is 1.71. The van der Waals surface area contributed by atoms with E-state index in [9.17, 15) is 4.79 Å². The molecule has 2 rings (SSSR count). The van der Waals surface area contributed by atoms with Gasteiger partial charge in [0.05, 0.1) is 25.3 Å². The highest BCUT2D eigenvalue weighted by Crippen LogP contribution is 2.06. The van der Waals surface area contributed by atoms with Crippen LogP contribution in [0.25, 0.3) is 0 Å². The van der Waals surface area contributed by atoms with Crippen LogP contribution in [0.3, 0.4) is 0 Å².